The predicted octanol–water partition coefficient (Wildman–Crippen LogP) is 4.75. The summed E-state index contributed by atoms with van der Waals surface area (Å²) < 4.78 is 3.44. The number of nitrogens with zero attached hydrogens (tertiary/aromatic N) is 1. The maximum Gasteiger partial charge on any atom is 0.182 e. The van der Waals surface area contributed by atoms with E-state index in [4.69, 9.17) is 0 Å². The molecule has 2 aromatic heterocycles. The SMILES string of the molecule is CCC(CC)c1cc[n+](Cc2ccc(Br)s2)cc1. The van der Waals surface area contributed by atoms with Gasteiger partial charge in [-0.05, 0) is 52.4 Å². The molecule has 0 aliphatic carbocycles. The van der Waals surface area contributed by atoms with Gasteiger partial charge in [0, 0.05) is 12.1 Å². The summed E-state index contributed by atoms with van der Waals surface area (Å²) >= 11 is 5.30. The first-order valence-electron chi connectivity index (χ1n) is 6.46. The molecule has 0 bridgehead atoms. The molecule has 1 nitrogen and oxygen atoms in total. The van der Waals surface area contributed by atoms with Gasteiger partial charge in [-0.3, -0.25) is 0 Å². The maximum absolute atomic E-state index is 3.50. The van der Waals surface area contributed by atoms with E-state index in [1.807, 2.05) is 0 Å². The minimum absolute atomic E-state index is 0.704. The first-order valence-corrected chi connectivity index (χ1v) is 8.07. The van der Waals surface area contributed by atoms with Crippen molar-refractivity contribution in [2.24, 2.45) is 0 Å². The third-order valence-corrected chi connectivity index (χ3v) is 4.95. The molecule has 18 heavy (non-hydrogen) atoms. The lowest BCUT2D eigenvalue weighted by molar-refractivity contribution is -0.687. The number of hydrogen-bond donors (Lipinski definition) is 0. The van der Waals surface area contributed by atoms with Crippen molar-refractivity contribution in [1.82, 2.24) is 0 Å². The Morgan fingerprint density at radius 1 is 1.11 bits per heavy atom. The third-order valence-electron chi connectivity index (χ3n) is 3.34. The summed E-state index contributed by atoms with van der Waals surface area (Å²) in [6, 6.07) is 8.82. The molecule has 0 amide bonds. The number of halogens is 1. The summed E-state index contributed by atoms with van der Waals surface area (Å²) in [5.41, 5.74) is 1.46. The van der Waals surface area contributed by atoms with Crippen molar-refractivity contribution in [1.29, 1.82) is 0 Å². The van der Waals surface area contributed by atoms with Gasteiger partial charge in [0.2, 0.25) is 0 Å². The van der Waals surface area contributed by atoms with Gasteiger partial charge in [0.1, 0.15) is 0 Å². The van der Waals surface area contributed by atoms with Crippen molar-refractivity contribution in [2.75, 3.05) is 0 Å². The molecule has 2 rings (SSSR count). The zero-order valence-electron chi connectivity index (χ0n) is 10.9. The van der Waals surface area contributed by atoms with Crippen LogP contribution in [0.25, 0.3) is 0 Å². The van der Waals surface area contributed by atoms with Crippen LogP contribution in [-0.4, -0.2) is 0 Å². The van der Waals surface area contributed by atoms with Crippen LogP contribution in [0.2, 0.25) is 0 Å². The van der Waals surface area contributed by atoms with Crippen LogP contribution in [0.3, 0.4) is 0 Å². The molecule has 0 aliphatic heterocycles. The molecule has 0 spiro atoms. The Balaban J connectivity index is 2.07. The van der Waals surface area contributed by atoms with Crippen molar-refractivity contribution in [3.05, 3.63) is 50.9 Å². The molecular formula is C15H19BrNS+. The average molecular weight is 325 g/mol. The van der Waals surface area contributed by atoms with Crippen LogP contribution in [0.5, 0.6) is 0 Å². The fourth-order valence-electron chi connectivity index (χ4n) is 2.22. The molecule has 3 heteroatoms. The van der Waals surface area contributed by atoms with Gasteiger partial charge in [-0.25, -0.2) is 0 Å². The molecule has 0 saturated heterocycles. The van der Waals surface area contributed by atoms with E-state index >= 15 is 0 Å². The normalized spacial score (nSPS) is 11.1. The maximum atomic E-state index is 3.50. The van der Waals surface area contributed by atoms with Gasteiger partial charge in [-0.1, -0.05) is 13.8 Å². The third kappa shape index (κ3) is 3.42. The summed E-state index contributed by atoms with van der Waals surface area (Å²) in [5.74, 6) is 0.704. The minimum atomic E-state index is 0.704. The first kappa shape index (κ1) is 13.8. The van der Waals surface area contributed by atoms with E-state index in [2.05, 4.69) is 71.0 Å². The molecule has 0 radical (unpaired) electrons. The first-order chi connectivity index (χ1) is 8.72. The molecule has 0 unspecified atom stereocenters. The highest BCUT2D eigenvalue weighted by Crippen LogP contribution is 2.23. The van der Waals surface area contributed by atoms with Gasteiger partial charge >= 0.3 is 0 Å². The van der Waals surface area contributed by atoms with Crippen molar-refractivity contribution in [3.8, 4) is 0 Å². The second-order valence-corrected chi connectivity index (χ2v) is 7.07. The molecular weight excluding hydrogens is 306 g/mol. The minimum Gasteiger partial charge on any atom is -0.200 e. The van der Waals surface area contributed by atoms with Crippen LogP contribution >= 0.6 is 27.3 Å². The van der Waals surface area contributed by atoms with Gasteiger partial charge in [-0.15, -0.1) is 11.3 Å². The Bertz CT molecular complexity index is 485. The number of hydrogen-bond acceptors (Lipinski definition) is 1. The topological polar surface area (TPSA) is 3.88 Å². The van der Waals surface area contributed by atoms with E-state index in [0.29, 0.717) is 5.92 Å². The summed E-state index contributed by atoms with van der Waals surface area (Å²) in [5, 5.41) is 0. The van der Waals surface area contributed by atoms with Crippen molar-refractivity contribution in [2.45, 2.75) is 39.2 Å². The smallest absolute Gasteiger partial charge is 0.182 e. The summed E-state index contributed by atoms with van der Waals surface area (Å²) in [7, 11) is 0. The summed E-state index contributed by atoms with van der Waals surface area (Å²) in [4.78, 5) is 1.38. The van der Waals surface area contributed by atoms with E-state index in [1.54, 1.807) is 11.3 Å². The fraction of sp³-hybridized carbons (Fsp3) is 0.400. The standard InChI is InChI=1S/C15H19BrNS/c1-3-12(4-2)13-7-9-17(10-8-13)11-14-5-6-15(16)18-14/h5-10,12H,3-4,11H2,1-2H3/q+1. The molecule has 0 N–H and O–H groups in total. The Morgan fingerprint density at radius 2 is 1.78 bits per heavy atom. The molecule has 0 fully saturated rings. The molecule has 2 heterocycles. The lowest BCUT2D eigenvalue weighted by Crippen LogP contribution is -2.32. The average Bonchev–Trinajstić information content (AvgIpc) is 2.78. The van der Waals surface area contributed by atoms with Crippen molar-refractivity contribution in [3.63, 3.8) is 0 Å². The van der Waals surface area contributed by atoms with E-state index in [0.717, 1.165) is 6.54 Å². The second-order valence-electron chi connectivity index (χ2n) is 4.52. The molecule has 0 saturated carbocycles. The van der Waals surface area contributed by atoms with Crippen LogP contribution in [0.1, 0.15) is 43.0 Å². The van der Waals surface area contributed by atoms with Gasteiger partial charge in [0.05, 0.1) is 8.66 Å². The van der Waals surface area contributed by atoms with Gasteiger partial charge < -0.3 is 0 Å². The number of pyridine rings is 1. The number of rotatable bonds is 5. The van der Waals surface area contributed by atoms with Crippen LogP contribution in [0, 0.1) is 0 Å². The van der Waals surface area contributed by atoms with Gasteiger partial charge in [0.25, 0.3) is 0 Å². The number of thiophene rings is 1. The fourth-order valence-corrected chi connectivity index (χ4v) is 3.72. The van der Waals surface area contributed by atoms with E-state index in [1.165, 1.54) is 27.1 Å². The van der Waals surface area contributed by atoms with Gasteiger partial charge in [0.15, 0.2) is 18.9 Å². The van der Waals surface area contributed by atoms with Crippen LogP contribution < -0.4 is 4.57 Å². The van der Waals surface area contributed by atoms with Crippen molar-refractivity contribution < 1.29 is 4.57 Å². The zero-order valence-corrected chi connectivity index (χ0v) is 13.3. The lowest BCUT2D eigenvalue weighted by atomic mass is 9.95. The highest BCUT2D eigenvalue weighted by Gasteiger charge is 2.10. The molecule has 2 aromatic rings. The van der Waals surface area contributed by atoms with Crippen LogP contribution in [-0.2, 0) is 6.54 Å². The number of aromatic nitrogens is 1. The highest BCUT2D eigenvalue weighted by molar-refractivity contribution is 9.11. The lowest BCUT2D eigenvalue weighted by Gasteiger charge is -2.11. The van der Waals surface area contributed by atoms with Crippen LogP contribution in [0.4, 0.5) is 0 Å². The largest absolute Gasteiger partial charge is 0.200 e. The van der Waals surface area contributed by atoms with E-state index in [9.17, 15) is 0 Å². The summed E-state index contributed by atoms with van der Waals surface area (Å²) in [6.45, 7) is 5.48. The second kappa shape index (κ2) is 6.48. The Kier molecular flexibility index (Phi) is 4.95. The van der Waals surface area contributed by atoms with E-state index in [-0.39, 0.29) is 0 Å². The predicted molar refractivity (Wildman–Crippen MR) is 81.1 cm³/mol. The zero-order chi connectivity index (χ0) is 13.0. The Labute approximate surface area is 122 Å². The Hall–Kier alpha value is -0.670. The van der Waals surface area contributed by atoms with Crippen LogP contribution in [0.15, 0.2) is 40.4 Å². The molecule has 0 aliphatic rings. The quantitative estimate of drug-likeness (QED) is 0.699. The molecule has 0 aromatic carbocycles. The summed E-state index contributed by atoms with van der Waals surface area (Å²) in [6.07, 6.45) is 6.83. The molecule has 96 valence electrons. The highest BCUT2D eigenvalue weighted by atomic mass is 79.9. The Morgan fingerprint density at radius 3 is 2.28 bits per heavy atom. The molecule has 0 atom stereocenters. The van der Waals surface area contributed by atoms with Crippen molar-refractivity contribution >= 4 is 27.3 Å². The van der Waals surface area contributed by atoms with Gasteiger partial charge in [-0.2, -0.15) is 4.57 Å². The monoisotopic (exact) mass is 324 g/mol. The van der Waals surface area contributed by atoms with E-state index < -0.39 is 0 Å².